The summed E-state index contributed by atoms with van der Waals surface area (Å²) in [6.45, 7) is 3.74. The molecule has 7 atom stereocenters. The van der Waals surface area contributed by atoms with E-state index in [4.69, 9.17) is 9.47 Å². The molecule has 0 aliphatic carbocycles. The molecule has 6 N–H and O–H groups in total. The molecular formula is C58H107NO8. The molecular weight excluding hydrogens is 839 g/mol. The van der Waals surface area contributed by atoms with E-state index in [-0.39, 0.29) is 12.5 Å². The van der Waals surface area contributed by atoms with Crippen molar-refractivity contribution in [3.05, 3.63) is 48.6 Å². The molecule has 0 aromatic heterocycles. The van der Waals surface area contributed by atoms with Crippen molar-refractivity contribution < 1.29 is 39.8 Å². The lowest BCUT2D eigenvalue weighted by Gasteiger charge is -2.40. The van der Waals surface area contributed by atoms with Crippen LogP contribution in [0.1, 0.15) is 258 Å². The molecule has 1 fully saturated rings. The number of allylic oxidation sites excluding steroid dienone is 7. The normalized spacial score (nSPS) is 20.0. The van der Waals surface area contributed by atoms with Crippen molar-refractivity contribution in [3.63, 3.8) is 0 Å². The van der Waals surface area contributed by atoms with Crippen LogP contribution in [0.3, 0.4) is 0 Å². The molecule has 1 aliphatic heterocycles. The van der Waals surface area contributed by atoms with Gasteiger partial charge in [0.15, 0.2) is 6.29 Å². The molecule has 392 valence electrons. The Hall–Kier alpha value is -1.85. The fourth-order valence-corrected chi connectivity index (χ4v) is 8.85. The van der Waals surface area contributed by atoms with Gasteiger partial charge in [-0.2, -0.15) is 0 Å². The lowest BCUT2D eigenvalue weighted by atomic mass is 9.99. The first kappa shape index (κ1) is 63.2. The van der Waals surface area contributed by atoms with Gasteiger partial charge in [0, 0.05) is 6.42 Å². The fourth-order valence-electron chi connectivity index (χ4n) is 8.85. The zero-order valence-corrected chi connectivity index (χ0v) is 43.4. The van der Waals surface area contributed by atoms with Crippen molar-refractivity contribution in [2.45, 2.75) is 301 Å². The van der Waals surface area contributed by atoms with Crippen LogP contribution in [0.4, 0.5) is 0 Å². The van der Waals surface area contributed by atoms with E-state index in [0.717, 1.165) is 64.2 Å². The number of hydrogen-bond acceptors (Lipinski definition) is 8. The molecule has 0 aromatic carbocycles. The first-order valence-electron chi connectivity index (χ1n) is 28.4. The zero-order chi connectivity index (χ0) is 48.7. The minimum Gasteiger partial charge on any atom is -0.394 e. The Labute approximate surface area is 412 Å². The van der Waals surface area contributed by atoms with Crippen LogP contribution in [0.5, 0.6) is 0 Å². The predicted molar refractivity (Wildman–Crippen MR) is 281 cm³/mol. The summed E-state index contributed by atoms with van der Waals surface area (Å²) in [4.78, 5) is 13.0. The van der Waals surface area contributed by atoms with Crippen LogP contribution in [0.2, 0.25) is 0 Å². The molecule has 0 aromatic rings. The van der Waals surface area contributed by atoms with Gasteiger partial charge < -0.3 is 40.3 Å². The second kappa shape index (κ2) is 47.8. The van der Waals surface area contributed by atoms with Crippen molar-refractivity contribution >= 4 is 5.91 Å². The maximum atomic E-state index is 13.0. The number of unbranched alkanes of at least 4 members (excludes halogenated alkanes) is 32. The van der Waals surface area contributed by atoms with Crippen LogP contribution in [-0.2, 0) is 14.3 Å². The third-order valence-electron chi connectivity index (χ3n) is 13.4. The third-order valence-corrected chi connectivity index (χ3v) is 13.4. The topological polar surface area (TPSA) is 149 Å². The average molecular weight is 946 g/mol. The summed E-state index contributed by atoms with van der Waals surface area (Å²) in [7, 11) is 0. The number of carbonyl (C=O) groups is 1. The lowest BCUT2D eigenvalue weighted by molar-refractivity contribution is -0.302. The van der Waals surface area contributed by atoms with Gasteiger partial charge in [0.05, 0.1) is 25.4 Å². The van der Waals surface area contributed by atoms with E-state index in [1.165, 1.54) is 173 Å². The number of rotatable bonds is 48. The number of ether oxygens (including phenoxy) is 2. The lowest BCUT2D eigenvalue weighted by Crippen LogP contribution is -2.60. The summed E-state index contributed by atoms with van der Waals surface area (Å²) < 4.78 is 11.2. The van der Waals surface area contributed by atoms with Crippen molar-refractivity contribution in [3.8, 4) is 0 Å². The van der Waals surface area contributed by atoms with Crippen LogP contribution in [0.15, 0.2) is 48.6 Å². The van der Waals surface area contributed by atoms with E-state index < -0.39 is 49.5 Å². The molecule has 67 heavy (non-hydrogen) atoms. The Morgan fingerprint density at radius 3 is 1.37 bits per heavy atom. The van der Waals surface area contributed by atoms with Gasteiger partial charge in [-0.25, -0.2) is 0 Å². The Balaban J connectivity index is 2.22. The summed E-state index contributed by atoms with van der Waals surface area (Å²) in [5.74, 6) is -0.200. The van der Waals surface area contributed by atoms with Crippen molar-refractivity contribution in [1.82, 2.24) is 5.32 Å². The van der Waals surface area contributed by atoms with Crippen molar-refractivity contribution in [2.75, 3.05) is 13.2 Å². The maximum Gasteiger partial charge on any atom is 0.220 e. The molecule has 0 radical (unpaired) electrons. The standard InChI is InChI=1S/C58H107NO8/c1-3-5-7-9-11-13-15-17-19-20-21-22-23-24-25-26-27-28-29-30-31-32-34-35-37-39-41-43-45-47-52(61)51(50-66-58-57(65)56(64)55(63)53(49-60)67-58)59-54(62)48-46-44-42-40-38-36-33-18-16-14-12-10-8-6-4-2/h12,14,18,33,37,39,45,47,51-53,55-58,60-61,63-65H,3-11,13,15-17,19-32,34-36,38,40-44,46,48-50H2,1-2H3,(H,59,62)/b14-12-,33-18-,39-37+,47-45+. The van der Waals surface area contributed by atoms with Gasteiger partial charge >= 0.3 is 0 Å². The van der Waals surface area contributed by atoms with Gasteiger partial charge in [-0.05, 0) is 64.2 Å². The minimum absolute atomic E-state index is 0.200. The fraction of sp³-hybridized carbons (Fsp3) is 0.845. The molecule has 1 heterocycles. The average Bonchev–Trinajstić information content (AvgIpc) is 3.33. The quantitative estimate of drug-likeness (QED) is 0.0261. The van der Waals surface area contributed by atoms with Crippen LogP contribution >= 0.6 is 0 Å². The third kappa shape index (κ3) is 37.6. The Kier molecular flexibility index (Phi) is 45.1. The van der Waals surface area contributed by atoms with E-state index in [1.54, 1.807) is 6.08 Å². The second-order valence-corrected chi connectivity index (χ2v) is 19.7. The van der Waals surface area contributed by atoms with E-state index >= 15 is 0 Å². The number of hydrogen-bond donors (Lipinski definition) is 6. The molecule has 0 spiro atoms. The Morgan fingerprint density at radius 1 is 0.507 bits per heavy atom. The summed E-state index contributed by atoms with van der Waals surface area (Å²) in [5.41, 5.74) is 0. The first-order chi connectivity index (χ1) is 32.8. The molecule has 1 amide bonds. The molecule has 0 saturated carbocycles. The van der Waals surface area contributed by atoms with Gasteiger partial charge in [0.1, 0.15) is 24.4 Å². The SMILES string of the molecule is CCCCC/C=C\C/C=C\CCCCCCCC(=O)NC(COC1OC(CO)C(O)C(O)C1O)C(O)/C=C/CC/C=C/CCCCCCCCCCCCCCCCCCCCCCCCC. The highest BCUT2D eigenvalue weighted by Gasteiger charge is 2.44. The second-order valence-electron chi connectivity index (χ2n) is 19.7. The largest absolute Gasteiger partial charge is 0.394 e. The predicted octanol–water partition coefficient (Wildman–Crippen LogP) is 13.7. The molecule has 9 heteroatoms. The van der Waals surface area contributed by atoms with Gasteiger partial charge in [0.2, 0.25) is 5.91 Å². The van der Waals surface area contributed by atoms with Gasteiger partial charge in [0.25, 0.3) is 0 Å². The smallest absolute Gasteiger partial charge is 0.220 e. The molecule has 0 bridgehead atoms. The highest BCUT2D eigenvalue weighted by atomic mass is 16.7. The van der Waals surface area contributed by atoms with E-state index in [1.807, 2.05) is 6.08 Å². The van der Waals surface area contributed by atoms with Gasteiger partial charge in [-0.1, -0.05) is 236 Å². The number of nitrogens with one attached hydrogen (secondary N) is 1. The molecule has 1 saturated heterocycles. The van der Waals surface area contributed by atoms with Crippen LogP contribution in [0, 0.1) is 0 Å². The summed E-state index contributed by atoms with van der Waals surface area (Å²) in [6, 6.07) is -0.830. The Bertz CT molecular complexity index is 1190. The van der Waals surface area contributed by atoms with Gasteiger partial charge in [-0.15, -0.1) is 0 Å². The number of carbonyl (C=O) groups excluding carboxylic acids is 1. The van der Waals surface area contributed by atoms with Crippen molar-refractivity contribution in [1.29, 1.82) is 0 Å². The highest BCUT2D eigenvalue weighted by molar-refractivity contribution is 5.76. The monoisotopic (exact) mass is 946 g/mol. The number of aliphatic hydroxyl groups is 5. The van der Waals surface area contributed by atoms with Crippen LogP contribution in [-0.4, -0.2) is 87.5 Å². The molecule has 1 rings (SSSR count). The maximum absolute atomic E-state index is 13.0. The molecule has 7 unspecified atom stereocenters. The van der Waals surface area contributed by atoms with Gasteiger partial charge in [-0.3, -0.25) is 4.79 Å². The molecule has 9 nitrogen and oxygen atoms in total. The van der Waals surface area contributed by atoms with E-state index in [9.17, 15) is 30.3 Å². The van der Waals surface area contributed by atoms with Crippen molar-refractivity contribution in [2.24, 2.45) is 0 Å². The Morgan fingerprint density at radius 2 is 0.896 bits per heavy atom. The van der Waals surface area contributed by atoms with E-state index in [0.29, 0.717) is 6.42 Å². The minimum atomic E-state index is -1.58. The highest BCUT2D eigenvalue weighted by Crippen LogP contribution is 2.23. The first-order valence-corrected chi connectivity index (χ1v) is 28.4. The summed E-state index contributed by atoms with van der Waals surface area (Å²) >= 11 is 0. The molecule has 1 aliphatic rings. The zero-order valence-electron chi connectivity index (χ0n) is 43.4. The summed E-state index contributed by atoms with van der Waals surface area (Å²) in [6.07, 6.45) is 56.2. The number of aliphatic hydroxyl groups excluding tert-OH is 5. The van der Waals surface area contributed by atoms with Crippen LogP contribution in [0.25, 0.3) is 0 Å². The van der Waals surface area contributed by atoms with Crippen LogP contribution < -0.4 is 5.32 Å². The van der Waals surface area contributed by atoms with E-state index in [2.05, 4.69) is 55.6 Å². The summed E-state index contributed by atoms with van der Waals surface area (Å²) in [5, 5.41) is 54.4. The number of amides is 1.